The number of anilines is 1. The van der Waals surface area contributed by atoms with Gasteiger partial charge in [0, 0.05) is 12.1 Å². The molecule has 7 nitrogen and oxygen atoms in total. The van der Waals surface area contributed by atoms with E-state index in [1.54, 1.807) is 51.1 Å². The van der Waals surface area contributed by atoms with Crippen LogP contribution in [0.25, 0.3) is 0 Å². The maximum Gasteiger partial charge on any atom is 0.329 e. The molecule has 8 heteroatoms. The molecule has 0 aromatic heterocycles. The topological polar surface area (TPSA) is 99.5 Å². The molecule has 1 unspecified atom stereocenters. The molecule has 0 aliphatic rings. The molecular weight excluding hydrogens is 413 g/mol. The fourth-order valence-corrected chi connectivity index (χ4v) is 3.06. The number of para-hydroxylation sites is 1. The molecule has 0 saturated heterocycles. The third kappa shape index (κ3) is 6.38. The summed E-state index contributed by atoms with van der Waals surface area (Å²) in [6, 6.07) is 13.6. The predicted molar refractivity (Wildman–Crippen MR) is 117 cm³/mol. The number of nitriles is 1. The van der Waals surface area contributed by atoms with Gasteiger partial charge in [-0.05, 0) is 36.6 Å². The van der Waals surface area contributed by atoms with Gasteiger partial charge < -0.3 is 15.0 Å². The highest BCUT2D eigenvalue weighted by Gasteiger charge is 2.28. The van der Waals surface area contributed by atoms with Crippen LogP contribution in [0.4, 0.5) is 10.1 Å². The average molecular weight is 439 g/mol. The van der Waals surface area contributed by atoms with Crippen molar-refractivity contribution in [3.8, 4) is 6.07 Å². The fourth-order valence-electron chi connectivity index (χ4n) is 3.06. The van der Waals surface area contributed by atoms with E-state index in [-0.39, 0.29) is 24.6 Å². The number of nitrogens with one attached hydrogen (secondary N) is 1. The summed E-state index contributed by atoms with van der Waals surface area (Å²) in [4.78, 5) is 39.0. The Morgan fingerprint density at radius 3 is 2.41 bits per heavy atom. The van der Waals surface area contributed by atoms with Gasteiger partial charge in [0.15, 0.2) is 6.61 Å². The predicted octanol–water partition coefficient (Wildman–Crippen LogP) is 3.38. The van der Waals surface area contributed by atoms with Crippen LogP contribution in [0.1, 0.15) is 36.2 Å². The van der Waals surface area contributed by atoms with Crippen molar-refractivity contribution in [2.24, 2.45) is 5.92 Å². The van der Waals surface area contributed by atoms with Gasteiger partial charge in [-0.1, -0.05) is 44.2 Å². The number of ether oxygens (including phenoxy) is 1. The zero-order valence-corrected chi connectivity index (χ0v) is 18.3. The highest BCUT2D eigenvalue weighted by molar-refractivity contribution is 5.99. The van der Waals surface area contributed by atoms with Crippen molar-refractivity contribution < 1.29 is 23.5 Å². The Labute approximate surface area is 186 Å². The van der Waals surface area contributed by atoms with Gasteiger partial charge in [-0.3, -0.25) is 9.59 Å². The number of nitrogens with zero attached hydrogens (tertiary/aromatic N) is 2. The molecular formula is C24H26FN3O4. The summed E-state index contributed by atoms with van der Waals surface area (Å²) in [6.45, 7) is 4.57. The number of carbonyl (C=O) groups excluding carboxylic acids is 3. The fraction of sp³-hybridized carbons (Fsp3) is 0.333. The molecule has 2 rings (SSSR count). The summed E-state index contributed by atoms with van der Waals surface area (Å²) in [5, 5.41) is 11.5. The SMILES string of the molecule is Cc1ccccc1C(=O)NC(C(=O)OCC(=O)N(CCC#N)c1ccccc1F)C(C)C. The van der Waals surface area contributed by atoms with Crippen molar-refractivity contribution in [1.29, 1.82) is 5.26 Å². The van der Waals surface area contributed by atoms with E-state index in [9.17, 15) is 18.8 Å². The minimum Gasteiger partial charge on any atom is -0.454 e. The molecule has 0 aliphatic heterocycles. The van der Waals surface area contributed by atoms with E-state index in [1.165, 1.54) is 18.2 Å². The minimum absolute atomic E-state index is 0.00272. The van der Waals surface area contributed by atoms with Crippen LogP contribution < -0.4 is 10.2 Å². The van der Waals surface area contributed by atoms with Gasteiger partial charge in [-0.15, -0.1) is 0 Å². The quantitative estimate of drug-likeness (QED) is 0.604. The van der Waals surface area contributed by atoms with Gasteiger partial charge in [0.2, 0.25) is 0 Å². The second-order valence-corrected chi connectivity index (χ2v) is 7.52. The maximum atomic E-state index is 14.2. The lowest BCUT2D eigenvalue weighted by Crippen LogP contribution is -2.46. The van der Waals surface area contributed by atoms with Crippen molar-refractivity contribution in [2.75, 3.05) is 18.1 Å². The lowest BCUT2D eigenvalue weighted by molar-refractivity contribution is -0.150. The van der Waals surface area contributed by atoms with Crippen LogP contribution in [0.3, 0.4) is 0 Å². The molecule has 0 fully saturated rings. The number of esters is 1. The molecule has 0 saturated carbocycles. The molecule has 2 aromatic rings. The first-order valence-corrected chi connectivity index (χ1v) is 10.2. The maximum absolute atomic E-state index is 14.2. The van der Waals surface area contributed by atoms with Crippen molar-refractivity contribution in [1.82, 2.24) is 5.32 Å². The highest BCUT2D eigenvalue weighted by atomic mass is 19.1. The summed E-state index contributed by atoms with van der Waals surface area (Å²) in [7, 11) is 0. The Morgan fingerprint density at radius 1 is 1.12 bits per heavy atom. The van der Waals surface area contributed by atoms with Gasteiger partial charge in [0.25, 0.3) is 11.8 Å². The molecule has 2 amide bonds. The monoisotopic (exact) mass is 439 g/mol. The van der Waals surface area contributed by atoms with Crippen LogP contribution in [0, 0.1) is 30.0 Å². The van der Waals surface area contributed by atoms with E-state index in [4.69, 9.17) is 10.00 Å². The standard InChI is InChI=1S/C24H26FN3O4/c1-16(2)22(27-23(30)18-10-5-4-9-17(18)3)24(31)32-15-21(29)28(14-8-13-26)20-12-7-6-11-19(20)25/h4-7,9-12,16,22H,8,14-15H2,1-3H3,(H,27,30). The molecule has 1 N–H and O–H groups in total. The van der Waals surface area contributed by atoms with E-state index in [0.29, 0.717) is 5.56 Å². The molecule has 0 radical (unpaired) electrons. The first-order chi connectivity index (χ1) is 15.3. The molecule has 0 spiro atoms. The third-order valence-corrected chi connectivity index (χ3v) is 4.83. The lowest BCUT2D eigenvalue weighted by atomic mass is 10.0. The summed E-state index contributed by atoms with van der Waals surface area (Å²) < 4.78 is 19.3. The molecule has 168 valence electrons. The van der Waals surface area contributed by atoms with E-state index in [0.717, 1.165) is 10.5 Å². The Morgan fingerprint density at radius 2 is 1.78 bits per heavy atom. The summed E-state index contributed by atoms with van der Waals surface area (Å²) in [6.07, 6.45) is -0.0187. The van der Waals surface area contributed by atoms with Crippen molar-refractivity contribution >= 4 is 23.5 Å². The normalized spacial score (nSPS) is 11.4. The second kappa shape index (κ2) is 11.6. The van der Waals surface area contributed by atoms with Crippen LogP contribution in [0.5, 0.6) is 0 Å². The molecule has 1 atom stereocenters. The van der Waals surface area contributed by atoms with Crippen LogP contribution in [0.15, 0.2) is 48.5 Å². The minimum atomic E-state index is -0.976. The second-order valence-electron chi connectivity index (χ2n) is 7.52. The van der Waals surface area contributed by atoms with Crippen LogP contribution >= 0.6 is 0 Å². The van der Waals surface area contributed by atoms with E-state index in [2.05, 4.69) is 5.32 Å². The average Bonchev–Trinajstić information content (AvgIpc) is 2.77. The van der Waals surface area contributed by atoms with Gasteiger partial charge in [0.05, 0.1) is 18.2 Å². The van der Waals surface area contributed by atoms with Crippen LogP contribution in [-0.2, 0) is 14.3 Å². The van der Waals surface area contributed by atoms with Crippen LogP contribution in [0.2, 0.25) is 0 Å². The van der Waals surface area contributed by atoms with Crippen molar-refractivity contribution in [3.63, 3.8) is 0 Å². The van der Waals surface area contributed by atoms with Gasteiger partial charge >= 0.3 is 5.97 Å². The number of benzene rings is 2. The zero-order chi connectivity index (χ0) is 23.7. The molecule has 0 heterocycles. The Hall–Kier alpha value is -3.73. The van der Waals surface area contributed by atoms with Crippen molar-refractivity contribution in [3.05, 3.63) is 65.5 Å². The first-order valence-electron chi connectivity index (χ1n) is 10.2. The number of carbonyl (C=O) groups is 3. The smallest absolute Gasteiger partial charge is 0.329 e. The van der Waals surface area contributed by atoms with Crippen LogP contribution in [-0.4, -0.2) is 37.0 Å². The summed E-state index contributed by atoms with van der Waals surface area (Å²) in [5.74, 6) is -2.80. The Bertz CT molecular complexity index is 1020. The lowest BCUT2D eigenvalue weighted by Gasteiger charge is -2.24. The Balaban J connectivity index is 2.08. The van der Waals surface area contributed by atoms with Gasteiger partial charge in [-0.2, -0.15) is 5.26 Å². The van der Waals surface area contributed by atoms with Crippen molar-refractivity contribution in [2.45, 2.75) is 33.2 Å². The number of amides is 2. The molecule has 0 aliphatic carbocycles. The highest BCUT2D eigenvalue weighted by Crippen LogP contribution is 2.19. The van der Waals surface area contributed by atoms with Gasteiger partial charge in [0.1, 0.15) is 11.9 Å². The summed E-state index contributed by atoms with van der Waals surface area (Å²) >= 11 is 0. The number of hydrogen-bond acceptors (Lipinski definition) is 5. The van der Waals surface area contributed by atoms with E-state index >= 15 is 0 Å². The first kappa shape index (κ1) is 24.5. The number of aryl methyl sites for hydroxylation is 1. The zero-order valence-electron chi connectivity index (χ0n) is 18.3. The third-order valence-electron chi connectivity index (χ3n) is 4.83. The Kier molecular flexibility index (Phi) is 8.90. The van der Waals surface area contributed by atoms with E-state index < -0.39 is 36.2 Å². The molecule has 0 bridgehead atoms. The van der Waals surface area contributed by atoms with E-state index in [1.807, 2.05) is 6.07 Å². The number of rotatable bonds is 9. The van der Waals surface area contributed by atoms with Gasteiger partial charge in [-0.25, -0.2) is 9.18 Å². The largest absolute Gasteiger partial charge is 0.454 e. The number of hydrogen-bond donors (Lipinski definition) is 1. The summed E-state index contributed by atoms with van der Waals surface area (Å²) in [5.41, 5.74) is 1.19. The molecule has 2 aromatic carbocycles. The molecule has 32 heavy (non-hydrogen) atoms. The number of halogens is 1.